The van der Waals surface area contributed by atoms with Gasteiger partial charge in [-0.3, -0.25) is 0 Å². The SMILES string of the molecule is CCNCCOc1ccc(OCCBr)cc1Cl. The third kappa shape index (κ3) is 5.61. The molecule has 0 amide bonds. The number of nitrogens with one attached hydrogen (secondary N) is 1. The van der Waals surface area contributed by atoms with Crippen LogP contribution >= 0.6 is 27.5 Å². The predicted octanol–water partition coefficient (Wildman–Crippen LogP) is 3.10. The second-order valence-corrected chi connectivity index (χ2v) is 4.53. The first-order valence-corrected chi connectivity index (χ1v) is 7.09. The summed E-state index contributed by atoms with van der Waals surface area (Å²) < 4.78 is 11.0. The fourth-order valence-electron chi connectivity index (χ4n) is 1.25. The van der Waals surface area contributed by atoms with Crippen LogP contribution in [0.2, 0.25) is 5.02 Å². The molecule has 0 radical (unpaired) electrons. The van der Waals surface area contributed by atoms with Crippen molar-refractivity contribution in [1.82, 2.24) is 5.32 Å². The Morgan fingerprint density at radius 2 is 2.12 bits per heavy atom. The van der Waals surface area contributed by atoms with Crippen LogP contribution in [-0.4, -0.2) is 31.6 Å². The molecule has 0 bridgehead atoms. The van der Waals surface area contributed by atoms with Crippen molar-refractivity contribution in [2.75, 3.05) is 31.6 Å². The number of alkyl halides is 1. The second-order valence-electron chi connectivity index (χ2n) is 3.33. The summed E-state index contributed by atoms with van der Waals surface area (Å²) >= 11 is 9.38. The van der Waals surface area contributed by atoms with Crippen LogP contribution in [0.4, 0.5) is 0 Å². The van der Waals surface area contributed by atoms with E-state index in [0.29, 0.717) is 24.0 Å². The molecule has 0 aliphatic carbocycles. The molecule has 17 heavy (non-hydrogen) atoms. The van der Waals surface area contributed by atoms with E-state index in [4.69, 9.17) is 21.1 Å². The molecule has 0 saturated heterocycles. The highest BCUT2D eigenvalue weighted by Crippen LogP contribution is 2.28. The summed E-state index contributed by atoms with van der Waals surface area (Å²) in [6, 6.07) is 5.46. The van der Waals surface area contributed by atoms with Crippen molar-refractivity contribution in [3.05, 3.63) is 23.2 Å². The molecule has 3 nitrogen and oxygen atoms in total. The maximum atomic E-state index is 6.08. The van der Waals surface area contributed by atoms with Gasteiger partial charge in [0.25, 0.3) is 0 Å². The Morgan fingerprint density at radius 1 is 1.29 bits per heavy atom. The van der Waals surface area contributed by atoms with Crippen LogP contribution in [-0.2, 0) is 0 Å². The maximum Gasteiger partial charge on any atom is 0.138 e. The van der Waals surface area contributed by atoms with Crippen molar-refractivity contribution in [2.24, 2.45) is 0 Å². The molecule has 1 aromatic carbocycles. The lowest BCUT2D eigenvalue weighted by molar-refractivity contribution is 0.313. The van der Waals surface area contributed by atoms with Gasteiger partial charge in [-0.2, -0.15) is 0 Å². The van der Waals surface area contributed by atoms with Crippen LogP contribution < -0.4 is 14.8 Å². The molecule has 0 heterocycles. The molecule has 0 saturated carbocycles. The topological polar surface area (TPSA) is 30.5 Å². The number of rotatable bonds is 8. The first-order chi connectivity index (χ1) is 8.27. The maximum absolute atomic E-state index is 6.08. The van der Waals surface area contributed by atoms with Gasteiger partial charge in [0.2, 0.25) is 0 Å². The van der Waals surface area contributed by atoms with Crippen LogP contribution in [0.25, 0.3) is 0 Å². The van der Waals surface area contributed by atoms with E-state index in [-0.39, 0.29) is 0 Å². The number of hydrogen-bond acceptors (Lipinski definition) is 3. The fourth-order valence-corrected chi connectivity index (χ4v) is 1.64. The summed E-state index contributed by atoms with van der Waals surface area (Å²) in [5.41, 5.74) is 0. The zero-order chi connectivity index (χ0) is 12.5. The first kappa shape index (κ1) is 14.6. The molecule has 1 rings (SSSR count). The van der Waals surface area contributed by atoms with Gasteiger partial charge in [0.05, 0.1) is 11.6 Å². The Labute approximate surface area is 116 Å². The minimum Gasteiger partial charge on any atom is -0.493 e. The quantitative estimate of drug-likeness (QED) is 0.589. The third-order valence-corrected chi connectivity index (χ3v) is 2.65. The van der Waals surface area contributed by atoms with Crippen molar-refractivity contribution in [2.45, 2.75) is 6.92 Å². The summed E-state index contributed by atoms with van der Waals surface area (Å²) in [4.78, 5) is 0. The number of ether oxygens (including phenoxy) is 2. The van der Waals surface area contributed by atoms with Gasteiger partial charge in [0, 0.05) is 17.9 Å². The van der Waals surface area contributed by atoms with Gasteiger partial charge >= 0.3 is 0 Å². The lowest BCUT2D eigenvalue weighted by Crippen LogP contribution is -2.20. The van der Waals surface area contributed by atoms with Crippen LogP contribution in [0.3, 0.4) is 0 Å². The molecule has 1 aromatic rings. The van der Waals surface area contributed by atoms with E-state index in [9.17, 15) is 0 Å². The third-order valence-electron chi connectivity index (χ3n) is 2.04. The molecule has 96 valence electrons. The molecule has 0 spiro atoms. The summed E-state index contributed by atoms with van der Waals surface area (Å²) in [5, 5.41) is 4.55. The van der Waals surface area contributed by atoms with E-state index in [2.05, 4.69) is 28.2 Å². The molecule has 0 aliphatic rings. The Kier molecular flexibility index (Phi) is 7.40. The fraction of sp³-hybridized carbons (Fsp3) is 0.500. The highest BCUT2D eigenvalue weighted by atomic mass is 79.9. The average Bonchev–Trinajstić information content (AvgIpc) is 2.34. The van der Waals surface area contributed by atoms with Crippen LogP contribution in [0.15, 0.2) is 18.2 Å². The first-order valence-electron chi connectivity index (χ1n) is 5.59. The van der Waals surface area contributed by atoms with Crippen LogP contribution in [0.5, 0.6) is 11.5 Å². The number of likely N-dealkylation sites (N-methyl/N-ethyl adjacent to an activating group) is 1. The average molecular weight is 323 g/mol. The van der Waals surface area contributed by atoms with Crippen molar-refractivity contribution >= 4 is 27.5 Å². The van der Waals surface area contributed by atoms with Crippen molar-refractivity contribution in [3.8, 4) is 11.5 Å². The molecular formula is C12H17BrClNO2. The summed E-state index contributed by atoms with van der Waals surface area (Å²) in [6.07, 6.45) is 0. The Hall–Kier alpha value is -0.450. The number of hydrogen-bond donors (Lipinski definition) is 1. The predicted molar refractivity (Wildman–Crippen MR) is 74.8 cm³/mol. The van der Waals surface area contributed by atoms with Gasteiger partial charge in [-0.25, -0.2) is 0 Å². The molecule has 0 atom stereocenters. The van der Waals surface area contributed by atoms with Gasteiger partial charge in [-0.15, -0.1) is 0 Å². The van der Waals surface area contributed by atoms with Gasteiger partial charge in [-0.05, 0) is 18.7 Å². The van der Waals surface area contributed by atoms with E-state index in [1.54, 1.807) is 6.07 Å². The highest BCUT2D eigenvalue weighted by molar-refractivity contribution is 9.09. The number of benzene rings is 1. The van der Waals surface area contributed by atoms with E-state index in [1.165, 1.54) is 0 Å². The molecular weight excluding hydrogens is 305 g/mol. The normalized spacial score (nSPS) is 10.3. The minimum absolute atomic E-state index is 0.577. The van der Waals surface area contributed by atoms with Gasteiger partial charge in [-0.1, -0.05) is 34.5 Å². The molecule has 5 heteroatoms. The van der Waals surface area contributed by atoms with E-state index < -0.39 is 0 Å². The molecule has 0 unspecified atom stereocenters. The summed E-state index contributed by atoms with van der Waals surface area (Å²) in [7, 11) is 0. The smallest absolute Gasteiger partial charge is 0.138 e. The monoisotopic (exact) mass is 321 g/mol. The lowest BCUT2D eigenvalue weighted by atomic mass is 10.3. The molecule has 0 aromatic heterocycles. The van der Waals surface area contributed by atoms with Crippen molar-refractivity contribution < 1.29 is 9.47 Å². The molecule has 0 aliphatic heterocycles. The van der Waals surface area contributed by atoms with Crippen LogP contribution in [0, 0.1) is 0 Å². The minimum atomic E-state index is 0.577. The molecule has 1 N–H and O–H groups in total. The Balaban J connectivity index is 2.45. The Bertz CT molecular complexity index is 336. The van der Waals surface area contributed by atoms with E-state index in [0.717, 1.165) is 24.2 Å². The van der Waals surface area contributed by atoms with Gasteiger partial charge < -0.3 is 14.8 Å². The molecule has 0 fully saturated rings. The van der Waals surface area contributed by atoms with Crippen molar-refractivity contribution in [3.63, 3.8) is 0 Å². The lowest BCUT2D eigenvalue weighted by Gasteiger charge is -2.10. The Morgan fingerprint density at radius 3 is 2.76 bits per heavy atom. The standard InChI is InChI=1S/C12H17BrClNO2/c1-2-15-6-8-17-12-4-3-10(9-11(12)14)16-7-5-13/h3-4,9,15H,2,5-8H2,1H3. The zero-order valence-corrected chi connectivity index (χ0v) is 12.2. The van der Waals surface area contributed by atoms with Gasteiger partial charge in [0.1, 0.15) is 18.1 Å². The zero-order valence-electron chi connectivity index (χ0n) is 9.84. The highest BCUT2D eigenvalue weighted by Gasteiger charge is 2.03. The summed E-state index contributed by atoms with van der Waals surface area (Å²) in [6.45, 7) is 5.04. The summed E-state index contributed by atoms with van der Waals surface area (Å²) in [5.74, 6) is 1.45. The second kappa shape index (κ2) is 8.61. The number of halogens is 2. The van der Waals surface area contributed by atoms with E-state index >= 15 is 0 Å². The van der Waals surface area contributed by atoms with Crippen molar-refractivity contribution in [1.29, 1.82) is 0 Å². The van der Waals surface area contributed by atoms with Gasteiger partial charge in [0.15, 0.2) is 0 Å². The van der Waals surface area contributed by atoms with Crippen LogP contribution in [0.1, 0.15) is 6.92 Å². The largest absolute Gasteiger partial charge is 0.493 e. The van der Waals surface area contributed by atoms with E-state index in [1.807, 2.05) is 12.1 Å².